The van der Waals surface area contributed by atoms with Gasteiger partial charge in [-0.3, -0.25) is 9.59 Å². The maximum Gasteiger partial charge on any atom is 0.416 e. The van der Waals surface area contributed by atoms with Crippen LogP contribution in [0.25, 0.3) is 5.69 Å². The Kier molecular flexibility index (Phi) is 5.84. The number of aromatic nitrogens is 2. The van der Waals surface area contributed by atoms with Gasteiger partial charge in [-0.2, -0.15) is 18.3 Å². The Hall–Kier alpha value is -3.33. The molecule has 0 fully saturated rings. The Labute approximate surface area is 174 Å². The Morgan fingerprint density at radius 1 is 1.03 bits per heavy atom. The maximum absolute atomic E-state index is 13.1. The van der Waals surface area contributed by atoms with Crippen molar-refractivity contribution in [1.29, 1.82) is 0 Å². The summed E-state index contributed by atoms with van der Waals surface area (Å²) in [5, 5.41) is 9.42. The molecule has 1 aromatic heterocycles. The average Bonchev–Trinajstić information content (AvgIpc) is 3.01. The third kappa shape index (κ3) is 4.80. The number of anilines is 2. The van der Waals surface area contributed by atoms with Crippen molar-refractivity contribution in [3.05, 3.63) is 70.4 Å². The molecule has 0 unspecified atom stereocenters. The van der Waals surface area contributed by atoms with E-state index in [-0.39, 0.29) is 28.0 Å². The lowest BCUT2D eigenvalue weighted by Crippen LogP contribution is -2.16. The molecule has 2 amide bonds. The quantitative estimate of drug-likeness (QED) is 0.600. The average molecular weight is 437 g/mol. The zero-order valence-electron chi connectivity index (χ0n) is 15.8. The molecule has 0 radical (unpaired) electrons. The van der Waals surface area contributed by atoms with Gasteiger partial charge < -0.3 is 10.6 Å². The molecule has 156 valence electrons. The number of nitrogens with zero attached hydrogens (tertiary/aromatic N) is 2. The summed E-state index contributed by atoms with van der Waals surface area (Å²) in [5.74, 6) is -0.595. The molecular formula is C20H16ClF3N4O2. The number of benzene rings is 2. The zero-order chi connectivity index (χ0) is 22.1. The van der Waals surface area contributed by atoms with E-state index in [9.17, 15) is 22.8 Å². The van der Waals surface area contributed by atoms with E-state index in [1.54, 1.807) is 19.1 Å². The van der Waals surface area contributed by atoms with Crippen LogP contribution in [-0.4, -0.2) is 21.6 Å². The molecule has 3 aromatic rings. The second kappa shape index (κ2) is 8.19. The second-order valence-corrected chi connectivity index (χ2v) is 6.87. The highest BCUT2D eigenvalue weighted by molar-refractivity contribution is 6.32. The van der Waals surface area contributed by atoms with Gasteiger partial charge in [-0.1, -0.05) is 11.6 Å². The largest absolute Gasteiger partial charge is 0.416 e. The van der Waals surface area contributed by atoms with E-state index in [2.05, 4.69) is 15.7 Å². The summed E-state index contributed by atoms with van der Waals surface area (Å²) < 4.78 is 40.4. The lowest BCUT2D eigenvalue weighted by molar-refractivity contribution is -0.137. The second-order valence-electron chi connectivity index (χ2n) is 6.46. The summed E-state index contributed by atoms with van der Waals surface area (Å²) in [6.45, 7) is 3.00. The molecule has 2 aromatic carbocycles. The summed E-state index contributed by atoms with van der Waals surface area (Å²) >= 11 is 6.10. The molecule has 10 heteroatoms. The first-order valence-electron chi connectivity index (χ1n) is 8.67. The number of carbonyl (C=O) groups excluding carboxylic acids is 2. The minimum absolute atomic E-state index is 0.0177. The predicted molar refractivity (Wildman–Crippen MR) is 107 cm³/mol. The van der Waals surface area contributed by atoms with Crippen molar-refractivity contribution >= 4 is 34.9 Å². The Bertz CT molecular complexity index is 1110. The fraction of sp³-hybridized carbons (Fsp3) is 0.150. The van der Waals surface area contributed by atoms with E-state index in [0.717, 1.165) is 22.9 Å². The van der Waals surface area contributed by atoms with Crippen molar-refractivity contribution in [3.63, 3.8) is 0 Å². The Morgan fingerprint density at radius 2 is 1.70 bits per heavy atom. The van der Waals surface area contributed by atoms with Crippen molar-refractivity contribution in [1.82, 2.24) is 9.78 Å². The predicted octanol–water partition coefficient (Wildman–Crippen LogP) is 5.06. The molecule has 0 aliphatic carbocycles. The van der Waals surface area contributed by atoms with Crippen LogP contribution in [0.1, 0.15) is 28.5 Å². The van der Waals surface area contributed by atoms with Crippen molar-refractivity contribution in [2.45, 2.75) is 20.0 Å². The molecule has 0 spiro atoms. The topological polar surface area (TPSA) is 76.0 Å². The van der Waals surface area contributed by atoms with Gasteiger partial charge in [-0.05, 0) is 49.4 Å². The molecule has 0 bridgehead atoms. The third-order valence-electron chi connectivity index (χ3n) is 4.04. The minimum atomic E-state index is -4.55. The first-order chi connectivity index (χ1) is 14.0. The van der Waals surface area contributed by atoms with Crippen LogP contribution < -0.4 is 10.6 Å². The molecule has 1 heterocycles. The summed E-state index contributed by atoms with van der Waals surface area (Å²) in [4.78, 5) is 23.7. The van der Waals surface area contributed by atoms with Crippen LogP contribution in [0.2, 0.25) is 5.02 Å². The lowest BCUT2D eigenvalue weighted by atomic mass is 10.2. The van der Waals surface area contributed by atoms with Gasteiger partial charge >= 0.3 is 6.18 Å². The number of rotatable bonds is 4. The number of alkyl halides is 3. The number of amides is 2. The summed E-state index contributed by atoms with van der Waals surface area (Å²) in [6, 6.07) is 10.5. The van der Waals surface area contributed by atoms with Gasteiger partial charge in [0.15, 0.2) is 0 Å². The van der Waals surface area contributed by atoms with Gasteiger partial charge in [-0.15, -0.1) is 0 Å². The highest BCUT2D eigenvalue weighted by Gasteiger charge is 2.31. The van der Waals surface area contributed by atoms with Gasteiger partial charge in [-0.25, -0.2) is 4.68 Å². The molecule has 0 aliphatic heterocycles. The molecule has 0 saturated heterocycles. The van der Waals surface area contributed by atoms with Gasteiger partial charge in [0.2, 0.25) is 5.91 Å². The van der Waals surface area contributed by atoms with Crippen LogP contribution in [0.5, 0.6) is 0 Å². The van der Waals surface area contributed by atoms with E-state index in [1.807, 2.05) is 0 Å². The third-order valence-corrected chi connectivity index (χ3v) is 4.36. The van der Waals surface area contributed by atoms with Gasteiger partial charge in [0, 0.05) is 24.2 Å². The van der Waals surface area contributed by atoms with Gasteiger partial charge in [0.25, 0.3) is 5.91 Å². The highest BCUT2D eigenvalue weighted by atomic mass is 35.5. The Balaban J connectivity index is 1.91. The monoisotopic (exact) mass is 436 g/mol. The number of hydrogen-bond acceptors (Lipinski definition) is 3. The molecule has 6 nitrogen and oxygen atoms in total. The van der Waals surface area contributed by atoms with Crippen molar-refractivity contribution < 1.29 is 22.8 Å². The van der Waals surface area contributed by atoms with E-state index >= 15 is 0 Å². The van der Waals surface area contributed by atoms with E-state index < -0.39 is 17.6 Å². The molecule has 0 atom stereocenters. The summed E-state index contributed by atoms with van der Waals surface area (Å²) in [6.07, 6.45) is -4.55. The van der Waals surface area contributed by atoms with Crippen molar-refractivity contribution in [3.8, 4) is 5.69 Å². The first-order valence-corrected chi connectivity index (χ1v) is 9.05. The first kappa shape index (κ1) is 21.4. The van der Waals surface area contributed by atoms with E-state index in [0.29, 0.717) is 11.4 Å². The molecule has 2 N–H and O–H groups in total. The van der Waals surface area contributed by atoms with Crippen molar-refractivity contribution in [2.24, 2.45) is 0 Å². The smallest absolute Gasteiger partial charge is 0.326 e. The summed E-state index contributed by atoms with van der Waals surface area (Å²) in [7, 11) is 0. The molecule has 3 rings (SSSR count). The van der Waals surface area contributed by atoms with Gasteiger partial charge in [0.1, 0.15) is 5.82 Å². The highest BCUT2D eigenvalue weighted by Crippen LogP contribution is 2.34. The zero-order valence-corrected chi connectivity index (χ0v) is 16.6. The Morgan fingerprint density at radius 3 is 2.30 bits per heavy atom. The summed E-state index contributed by atoms with van der Waals surface area (Å²) in [5.41, 5.74) is 0.372. The van der Waals surface area contributed by atoms with Crippen LogP contribution in [-0.2, 0) is 11.0 Å². The molecule has 30 heavy (non-hydrogen) atoms. The van der Waals surface area contributed by atoms with Crippen LogP contribution in [0.4, 0.5) is 24.7 Å². The van der Waals surface area contributed by atoms with Crippen molar-refractivity contribution in [2.75, 3.05) is 10.6 Å². The molecular weight excluding hydrogens is 421 g/mol. The van der Waals surface area contributed by atoms with Gasteiger partial charge in [0.05, 0.1) is 22.0 Å². The van der Waals surface area contributed by atoms with Crippen LogP contribution in [0.15, 0.2) is 48.5 Å². The normalized spacial score (nSPS) is 11.3. The SMILES string of the molecule is CC(=O)Nc1ccc(C(=O)Nc2cc(C)nn2-c2cc(C(F)(F)F)ccc2Cl)cc1. The number of hydrogen-bond donors (Lipinski definition) is 2. The number of aryl methyl sites for hydroxylation is 1. The molecule has 0 aliphatic rings. The van der Waals surface area contributed by atoms with Crippen LogP contribution in [0, 0.1) is 6.92 Å². The number of carbonyl (C=O) groups is 2. The fourth-order valence-electron chi connectivity index (χ4n) is 2.72. The van der Waals surface area contributed by atoms with E-state index in [4.69, 9.17) is 11.6 Å². The number of halogens is 4. The van der Waals surface area contributed by atoms with Crippen LogP contribution >= 0.6 is 11.6 Å². The fourth-order valence-corrected chi connectivity index (χ4v) is 2.92. The maximum atomic E-state index is 13.1. The number of nitrogens with one attached hydrogen (secondary N) is 2. The standard InChI is InChI=1S/C20H16ClF3N4O2/c1-11-9-18(26-19(30)13-3-6-15(7-4-13)25-12(2)29)28(27-11)17-10-14(20(22,23)24)5-8-16(17)21/h3-10H,1-2H3,(H,25,29)(H,26,30). The minimum Gasteiger partial charge on any atom is -0.326 e. The van der Waals surface area contributed by atoms with Crippen LogP contribution in [0.3, 0.4) is 0 Å². The van der Waals surface area contributed by atoms with E-state index in [1.165, 1.54) is 25.1 Å². The lowest BCUT2D eigenvalue weighted by Gasteiger charge is -2.13. The molecule has 0 saturated carbocycles.